The maximum atomic E-state index is 12.3. The van der Waals surface area contributed by atoms with Crippen LogP contribution < -0.4 is 10.6 Å². The molecule has 1 fully saturated rings. The number of anilines is 2. The number of carbonyl (C=O) groups excluding carboxylic acids is 1. The van der Waals surface area contributed by atoms with Gasteiger partial charge in [0.2, 0.25) is 0 Å². The molecule has 6 nitrogen and oxygen atoms in total. The van der Waals surface area contributed by atoms with Crippen molar-refractivity contribution in [3.63, 3.8) is 0 Å². The molecule has 1 atom stereocenters. The normalized spacial score (nSPS) is 19.9. The number of β-amino-alcohol motifs (C(OH)–C–C–N with tert-alkyl or cyclic N) is 1. The molecule has 1 aliphatic rings. The summed E-state index contributed by atoms with van der Waals surface area (Å²) >= 11 is 1.29. The minimum Gasteiger partial charge on any atom is -0.391 e. The number of aliphatic hydroxyl groups is 1. The Hall–Kier alpha value is -1.34. The summed E-state index contributed by atoms with van der Waals surface area (Å²) in [6, 6.07) is 0. The Balaban J connectivity index is 2.17. The molecule has 1 amide bonds. The number of aliphatic hydroxyl groups excluding tert-OH is 1. The largest absolute Gasteiger partial charge is 0.391 e. The number of hydrogen-bond acceptors (Lipinski definition) is 6. The molecule has 0 aromatic carbocycles. The molecule has 1 aliphatic heterocycles. The summed E-state index contributed by atoms with van der Waals surface area (Å²) in [7, 11) is 3.72. The van der Waals surface area contributed by atoms with Crippen LogP contribution in [0, 0.1) is 0 Å². The van der Waals surface area contributed by atoms with Crippen molar-refractivity contribution in [2.75, 3.05) is 37.8 Å². The Bertz CT molecular complexity index is 446. The molecule has 7 heteroatoms. The average molecular weight is 270 g/mol. The monoisotopic (exact) mass is 270 g/mol. The van der Waals surface area contributed by atoms with Gasteiger partial charge >= 0.3 is 0 Å². The van der Waals surface area contributed by atoms with Gasteiger partial charge in [-0.2, -0.15) is 0 Å². The van der Waals surface area contributed by atoms with Crippen LogP contribution in [0.5, 0.6) is 0 Å². The van der Waals surface area contributed by atoms with E-state index in [2.05, 4.69) is 4.98 Å². The van der Waals surface area contributed by atoms with Crippen LogP contribution in [0.4, 0.5) is 10.9 Å². The Kier molecular flexibility index (Phi) is 3.72. The summed E-state index contributed by atoms with van der Waals surface area (Å²) in [5.41, 5.74) is 5.78. The molecule has 0 spiro atoms. The van der Waals surface area contributed by atoms with E-state index in [0.29, 0.717) is 23.1 Å². The second-order valence-corrected chi connectivity index (χ2v) is 5.63. The van der Waals surface area contributed by atoms with Crippen LogP contribution in [0.25, 0.3) is 0 Å². The van der Waals surface area contributed by atoms with E-state index in [1.807, 2.05) is 19.0 Å². The van der Waals surface area contributed by atoms with Gasteiger partial charge in [-0.25, -0.2) is 4.98 Å². The van der Waals surface area contributed by atoms with Crippen molar-refractivity contribution in [2.24, 2.45) is 0 Å². The highest BCUT2D eigenvalue weighted by atomic mass is 32.1. The molecular formula is C11H18N4O2S. The third kappa shape index (κ3) is 2.56. The quantitative estimate of drug-likeness (QED) is 0.812. The van der Waals surface area contributed by atoms with E-state index in [1.165, 1.54) is 11.3 Å². The molecule has 18 heavy (non-hydrogen) atoms. The molecule has 1 aromatic rings. The van der Waals surface area contributed by atoms with Gasteiger partial charge in [-0.05, 0) is 12.8 Å². The lowest BCUT2D eigenvalue weighted by Gasteiger charge is -2.29. The zero-order valence-corrected chi connectivity index (χ0v) is 11.4. The second kappa shape index (κ2) is 5.11. The number of thiazole rings is 1. The topological polar surface area (TPSA) is 82.7 Å². The number of rotatable bonds is 2. The first-order chi connectivity index (χ1) is 8.49. The van der Waals surface area contributed by atoms with Gasteiger partial charge in [-0.1, -0.05) is 11.3 Å². The summed E-state index contributed by atoms with van der Waals surface area (Å²) in [6.45, 7) is 1.05. The van der Waals surface area contributed by atoms with Gasteiger partial charge in [-0.3, -0.25) is 4.79 Å². The van der Waals surface area contributed by atoms with Crippen LogP contribution in [0.1, 0.15) is 22.5 Å². The average Bonchev–Trinajstić information content (AvgIpc) is 2.70. The van der Waals surface area contributed by atoms with E-state index < -0.39 is 6.10 Å². The summed E-state index contributed by atoms with van der Waals surface area (Å²) in [5.74, 6) is 0.144. The third-order valence-electron chi connectivity index (χ3n) is 2.90. The number of hydrogen-bond donors (Lipinski definition) is 2. The fraction of sp³-hybridized carbons (Fsp3) is 0.636. The van der Waals surface area contributed by atoms with E-state index in [4.69, 9.17) is 5.73 Å². The van der Waals surface area contributed by atoms with E-state index in [9.17, 15) is 9.90 Å². The maximum absolute atomic E-state index is 12.3. The van der Waals surface area contributed by atoms with Crippen LogP contribution in [-0.4, -0.2) is 54.2 Å². The molecular weight excluding hydrogens is 252 g/mol. The van der Waals surface area contributed by atoms with Crippen LogP contribution in [0.15, 0.2) is 0 Å². The Labute approximate surface area is 110 Å². The summed E-state index contributed by atoms with van der Waals surface area (Å²) < 4.78 is 0. The summed E-state index contributed by atoms with van der Waals surface area (Å²) in [4.78, 5) is 20.4. The number of aromatic nitrogens is 1. The molecule has 1 unspecified atom stereocenters. The van der Waals surface area contributed by atoms with Crippen molar-refractivity contribution in [2.45, 2.75) is 18.9 Å². The second-order valence-electron chi connectivity index (χ2n) is 4.65. The maximum Gasteiger partial charge on any atom is 0.267 e. The molecule has 100 valence electrons. The van der Waals surface area contributed by atoms with E-state index in [1.54, 1.807) is 4.90 Å². The van der Waals surface area contributed by atoms with Crippen LogP contribution in [0.2, 0.25) is 0 Å². The van der Waals surface area contributed by atoms with E-state index in [-0.39, 0.29) is 11.7 Å². The third-order valence-corrected chi connectivity index (χ3v) is 4.13. The van der Waals surface area contributed by atoms with Crippen molar-refractivity contribution in [3.8, 4) is 0 Å². The first-order valence-corrected chi connectivity index (χ1v) is 6.71. The highest BCUT2D eigenvalue weighted by Crippen LogP contribution is 2.28. The van der Waals surface area contributed by atoms with Crippen molar-refractivity contribution in [1.29, 1.82) is 0 Å². The lowest BCUT2D eigenvalue weighted by molar-refractivity contribution is 0.0478. The number of amides is 1. The number of piperidine rings is 1. The molecule has 1 aromatic heterocycles. The summed E-state index contributed by atoms with van der Waals surface area (Å²) in [5, 5.41) is 10.3. The zero-order chi connectivity index (χ0) is 13.3. The van der Waals surface area contributed by atoms with Crippen molar-refractivity contribution < 1.29 is 9.90 Å². The van der Waals surface area contributed by atoms with Crippen LogP contribution >= 0.6 is 11.3 Å². The summed E-state index contributed by atoms with van der Waals surface area (Å²) in [6.07, 6.45) is 1.15. The Morgan fingerprint density at radius 3 is 2.89 bits per heavy atom. The van der Waals surface area contributed by atoms with Gasteiger partial charge in [-0.15, -0.1) is 0 Å². The van der Waals surface area contributed by atoms with E-state index in [0.717, 1.165) is 12.8 Å². The molecule has 3 N–H and O–H groups in total. The van der Waals surface area contributed by atoms with Crippen molar-refractivity contribution >= 4 is 28.2 Å². The first-order valence-electron chi connectivity index (χ1n) is 5.90. The number of carbonyl (C=O) groups is 1. The van der Waals surface area contributed by atoms with Crippen LogP contribution in [0.3, 0.4) is 0 Å². The minimum atomic E-state index is -0.426. The Morgan fingerprint density at radius 1 is 1.61 bits per heavy atom. The Morgan fingerprint density at radius 2 is 2.33 bits per heavy atom. The first kappa shape index (κ1) is 13.1. The zero-order valence-electron chi connectivity index (χ0n) is 10.6. The predicted molar refractivity (Wildman–Crippen MR) is 72.0 cm³/mol. The number of nitrogen functional groups attached to an aromatic ring is 1. The van der Waals surface area contributed by atoms with E-state index >= 15 is 0 Å². The van der Waals surface area contributed by atoms with Gasteiger partial charge in [0.1, 0.15) is 10.7 Å². The lowest BCUT2D eigenvalue weighted by atomic mass is 10.1. The van der Waals surface area contributed by atoms with Crippen LogP contribution in [-0.2, 0) is 0 Å². The molecule has 0 bridgehead atoms. The smallest absolute Gasteiger partial charge is 0.267 e. The number of likely N-dealkylation sites (tertiary alicyclic amines) is 1. The SMILES string of the molecule is CN(C)c1nc(N)c(C(=O)N2CCCC(O)C2)s1. The molecule has 0 radical (unpaired) electrons. The van der Waals surface area contributed by atoms with Gasteiger partial charge in [0.25, 0.3) is 5.91 Å². The molecule has 0 saturated carbocycles. The van der Waals surface area contributed by atoms with Gasteiger partial charge < -0.3 is 20.6 Å². The fourth-order valence-electron chi connectivity index (χ4n) is 1.95. The lowest BCUT2D eigenvalue weighted by Crippen LogP contribution is -2.42. The molecule has 2 heterocycles. The molecule has 0 aliphatic carbocycles. The van der Waals surface area contributed by atoms with Gasteiger partial charge in [0.05, 0.1) is 6.10 Å². The predicted octanol–water partition coefficient (Wildman–Crippen LogP) is 0.388. The highest BCUT2D eigenvalue weighted by molar-refractivity contribution is 7.18. The van der Waals surface area contributed by atoms with Gasteiger partial charge in [0, 0.05) is 27.2 Å². The number of nitrogens with zero attached hydrogens (tertiary/aromatic N) is 3. The fourth-order valence-corrected chi connectivity index (χ4v) is 2.82. The standard InChI is InChI=1S/C11H18N4O2S/c1-14(2)11-13-9(12)8(18-11)10(17)15-5-3-4-7(16)6-15/h7,16H,3-6,12H2,1-2H3. The number of nitrogens with two attached hydrogens (primary N) is 1. The highest BCUT2D eigenvalue weighted by Gasteiger charge is 2.26. The van der Waals surface area contributed by atoms with Gasteiger partial charge in [0.15, 0.2) is 5.13 Å². The minimum absolute atomic E-state index is 0.128. The van der Waals surface area contributed by atoms with Crippen molar-refractivity contribution in [1.82, 2.24) is 9.88 Å². The van der Waals surface area contributed by atoms with Crippen molar-refractivity contribution in [3.05, 3.63) is 4.88 Å². The molecule has 1 saturated heterocycles. The molecule has 2 rings (SSSR count).